The summed E-state index contributed by atoms with van der Waals surface area (Å²) in [5.74, 6) is 0.361. The molecule has 0 aromatic heterocycles. The normalized spacial score (nSPS) is 18.5. The number of morpholine rings is 1. The highest BCUT2D eigenvalue weighted by Crippen LogP contribution is 2.21. The molecule has 1 aromatic carbocycles. The van der Waals surface area contributed by atoms with Crippen LogP contribution in [0.1, 0.15) is 13.8 Å². The van der Waals surface area contributed by atoms with Crippen LogP contribution < -0.4 is 4.72 Å². The van der Waals surface area contributed by atoms with E-state index in [9.17, 15) is 8.42 Å². The number of hydrogen-bond donors (Lipinski definition) is 1. The first kappa shape index (κ1) is 17.9. The Morgan fingerprint density at radius 3 is 2.50 bits per heavy atom. The largest absolute Gasteiger partial charge is 0.379 e. The van der Waals surface area contributed by atoms with Gasteiger partial charge in [0.15, 0.2) is 0 Å². The molecule has 1 aromatic rings. The molecule has 1 aliphatic rings. The maximum atomic E-state index is 12.5. The first-order valence-corrected chi connectivity index (χ1v) is 9.75. The number of benzene rings is 1. The van der Waals surface area contributed by atoms with Crippen molar-refractivity contribution in [1.29, 1.82) is 0 Å². The number of nitrogens with zero attached hydrogens (tertiary/aromatic N) is 1. The first-order valence-electron chi connectivity index (χ1n) is 7.48. The van der Waals surface area contributed by atoms with Crippen LogP contribution in [0.5, 0.6) is 0 Å². The Hall–Kier alpha value is -0.470. The number of ether oxygens (including phenoxy) is 1. The third-order valence-corrected chi connectivity index (χ3v) is 6.33. The van der Waals surface area contributed by atoms with Crippen molar-refractivity contribution in [3.05, 3.63) is 28.7 Å². The van der Waals surface area contributed by atoms with Crippen LogP contribution in [0.2, 0.25) is 0 Å². The van der Waals surface area contributed by atoms with Gasteiger partial charge in [0, 0.05) is 30.1 Å². The van der Waals surface area contributed by atoms with E-state index < -0.39 is 10.0 Å². The quantitative estimate of drug-likeness (QED) is 0.807. The Labute approximate surface area is 141 Å². The van der Waals surface area contributed by atoms with E-state index in [-0.39, 0.29) is 10.9 Å². The summed E-state index contributed by atoms with van der Waals surface area (Å²) in [6.45, 7) is 7.75. The summed E-state index contributed by atoms with van der Waals surface area (Å²) in [5, 5.41) is 0. The second-order valence-electron chi connectivity index (χ2n) is 5.74. The number of nitrogens with one attached hydrogen (secondary N) is 1. The van der Waals surface area contributed by atoms with Crippen molar-refractivity contribution in [3.63, 3.8) is 0 Å². The van der Waals surface area contributed by atoms with Crippen LogP contribution in [-0.4, -0.2) is 52.2 Å². The van der Waals surface area contributed by atoms with Crippen LogP contribution in [0, 0.1) is 5.92 Å². The van der Waals surface area contributed by atoms with Crippen LogP contribution in [0.15, 0.2) is 33.6 Å². The van der Waals surface area contributed by atoms with Gasteiger partial charge in [-0.3, -0.25) is 4.90 Å². The molecule has 1 saturated heterocycles. The van der Waals surface area contributed by atoms with E-state index in [2.05, 4.69) is 39.4 Å². The van der Waals surface area contributed by atoms with Gasteiger partial charge in [-0.1, -0.05) is 26.0 Å². The Balaban J connectivity index is 2.07. The van der Waals surface area contributed by atoms with Crippen molar-refractivity contribution < 1.29 is 13.2 Å². The monoisotopic (exact) mass is 390 g/mol. The van der Waals surface area contributed by atoms with E-state index in [0.29, 0.717) is 30.1 Å². The molecular weight excluding hydrogens is 368 g/mol. The molecule has 0 radical (unpaired) electrons. The summed E-state index contributed by atoms with van der Waals surface area (Å²) in [7, 11) is -3.51. The van der Waals surface area contributed by atoms with E-state index in [4.69, 9.17) is 4.74 Å². The standard InChI is InChI=1S/C15H23BrN2O3S/c1-12(2)14(18-7-9-21-10-8-18)11-17-22(19,20)15-6-4-3-5-13(15)16/h3-6,12,14,17H,7-11H2,1-2H3/t14-/m1/s1. The summed E-state index contributed by atoms with van der Waals surface area (Å²) in [6, 6.07) is 7.03. The average Bonchev–Trinajstić information content (AvgIpc) is 2.48. The summed E-state index contributed by atoms with van der Waals surface area (Å²) >= 11 is 3.30. The van der Waals surface area contributed by atoms with Gasteiger partial charge in [-0.15, -0.1) is 0 Å². The molecule has 0 unspecified atom stereocenters. The molecule has 1 aliphatic heterocycles. The van der Waals surface area contributed by atoms with Crippen molar-refractivity contribution in [2.75, 3.05) is 32.8 Å². The molecule has 0 spiro atoms. The molecule has 1 fully saturated rings. The van der Waals surface area contributed by atoms with E-state index >= 15 is 0 Å². The minimum absolute atomic E-state index is 0.168. The van der Waals surface area contributed by atoms with Crippen molar-refractivity contribution in [2.24, 2.45) is 5.92 Å². The van der Waals surface area contributed by atoms with Crippen molar-refractivity contribution >= 4 is 26.0 Å². The van der Waals surface area contributed by atoms with Gasteiger partial charge in [-0.2, -0.15) is 0 Å². The molecule has 1 N–H and O–H groups in total. The van der Waals surface area contributed by atoms with Crippen LogP contribution in [0.3, 0.4) is 0 Å². The Bertz CT molecular complexity index is 586. The zero-order chi connectivity index (χ0) is 16.2. The fraction of sp³-hybridized carbons (Fsp3) is 0.600. The van der Waals surface area contributed by atoms with Gasteiger partial charge in [-0.25, -0.2) is 13.1 Å². The Morgan fingerprint density at radius 1 is 1.27 bits per heavy atom. The molecule has 0 saturated carbocycles. The average molecular weight is 391 g/mol. The van der Waals surface area contributed by atoms with Crippen LogP contribution >= 0.6 is 15.9 Å². The summed E-state index contributed by atoms with van der Waals surface area (Å²) in [5.41, 5.74) is 0. The van der Waals surface area contributed by atoms with Crippen molar-refractivity contribution in [1.82, 2.24) is 9.62 Å². The van der Waals surface area contributed by atoms with Gasteiger partial charge < -0.3 is 4.74 Å². The van der Waals surface area contributed by atoms with Gasteiger partial charge in [0.2, 0.25) is 10.0 Å². The summed E-state index contributed by atoms with van der Waals surface area (Å²) in [4.78, 5) is 2.58. The van der Waals surface area contributed by atoms with Gasteiger partial charge in [0.25, 0.3) is 0 Å². The molecule has 0 aliphatic carbocycles. The lowest BCUT2D eigenvalue weighted by Gasteiger charge is -2.36. The third-order valence-electron chi connectivity index (χ3n) is 3.89. The van der Waals surface area contributed by atoms with Crippen molar-refractivity contribution in [3.8, 4) is 0 Å². The molecular formula is C15H23BrN2O3S. The lowest BCUT2D eigenvalue weighted by Crippen LogP contribution is -2.51. The molecule has 0 amide bonds. The zero-order valence-corrected chi connectivity index (χ0v) is 15.4. The molecule has 124 valence electrons. The minimum atomic E-state index is -3.51. The maximum Gasteiger partial charge on any atom is 0.241 e. The maximum absolute atomic E-state index is 12.5. The number of halogens is 1. The van der Waals surface area contributed by atoms with E-state index in [0.717, 1.165) is 13.1 Å². The highest BCUT2D eigenvalue weighted by molar-refractivity contribution is 9.10. The SMILES string of the molecule is CC(C)[C@@H](CNS(=O)(=O)c1ccccc1Br)N1CCOCC1. The Morgan fingerprint density at radius 2 is 1.91 bits per heavy atom. The van der Waals surface area contributed by atoms with E-state index in [1.54, 1.807) is 24.3 Å². The van der Waals surface area contributed by atoms with Crippen LogP contribution in [0.25, 0.3) is 0 Å². The second-order valence-corrected chi connectivity index (χ2v) is 8.33. The first-order chi connectivity index (χ1) is 10.4. The fourth-order valence-corrected chi connectivity index (χ4v) is 4.68. The van der Waals surface area contributed by atoms with Gasteiger partial charge in [-0.05, 0) is 34.0 Å². The van der Waals surface area contributed by atoms with Crippen LogP contribution in [-0.2, 0) is 14.8 Å². The molecule has 0 bridgehead atoms. The molecule has 7 heteroatoms. The third kappa shape index (κ3) is 4.52. The second kappa shape index (κ2) is 7.88. The summed E-state index contributed by atoms with van der Waals surface area (Å²) < 4.78 is 33.7. The zero-order valence-electron chi connectivity index (χ0n) is 13.0. The van der Waals surface area contributed by atoms with Crippen molar-refractivity contribution in [2.45, 2.75) is 24.8 Å². The number of sulfonamides is 1. The molecule has 5 nitrogen and oxygen atoms in total. The molecule has 2 rings (SSSR count). The fourth-order valence-electron chi connectivity index (χ4n) is 2.63. The molecule has 22 heavy (non-hydrogen) atoms. The highest BCUT2D eigenvalue weighted by Gasteiger charge is 2.26. The molecule has 1 heterocycles. The van der Waals surface area contributed by atoms with Crippen LogP contribution in [0.4, 0.5) is 0 Å². The summed E-state index contributed by atoms with van der Waals surface area (Å²) in [6.07, 6.45) is 0. The van der Waals surface area contributed by atoms with E-state index in [1.165, 1.54) is 0 Å². The number of rotatable bonds is 6. The smallest absolute Gasteiger partial charge is 0.241 e. The minimum Gasteiger partial charge on any atom is -0.379 e. The highest BCUT2D eigenvalue weighted by atomic mass is 79.9. The topological polar surface area (TPSA) is 58.6 Å². The number of hydrogen-bond acceptors (Lipinski definition) is 4. The predicted octanol–water partition coefficient (Wildman–Crippen LogP) is 2.08. The van der Waals surface area contributed by atoms with E-state index in [1.807, 2.05) is 0 Å². The van der Waals surface area contributed by atoms with Gasteiger partial charge in [0.05, 0.1) is 18.1 Å². The lowest BCUT2D eigenvalue weighted by molar-refractivity contribution is 0.00776. The lowest BCUT2D eigenvalue weighted by atomic mass is 10.0. The van der Waals surface area contributed by atoms with Gasteiger partial charge in [0.1, 0.15) is 0 Å². The predicted molar refractivity (Wildman–Crippen MR) is 90.3 cm³/mol. The molecule has 1 atom stereocenters. The van der Waals surface area contributed by atoms with Gasteiger partial charge >= 0.3 is 0 Å². The Kier molecular flexibility index (Phi) is 6.40.